The highest BCUT2D eigenvalue weighted by molar-refractivity contribution is 5.78. The van der Waals surface area contributed by atoms with Gasteiger partial charge in [-0.05, 0) is 38.5 Å². The summed E-state index contributed by atoms with van der Waals surface area (Å²) in [5.41, 5.74) is -1.66. The van der Waals surface area contributed by atoms with Gasteiger partial charge in [0.1, 0.15) is 0 Å². The number of carboxylic acids is 2. The second kappa shape index (κ2) is 5.38. The molecule has 0 aromatic rings. The molecule has 0 unspecified atom stereocenters. The van der Waals surface area contributed by atoms with Gasteiger partial charge in [0.05, 0.1) is 10.8 Å². The number of rotatable bonds is 6. The molecule has 2 N–H and O–H groups in total. The molecule has 0 bridgehead atoms. The molecule has 0 saturated heterocycles. The average molecular weight is 252 g/mol. The molecule has 1 rings (SSSR count). The van der Waals surface area contributed by atoms with Crippen molar-refractivity contribution in [2.45, 2.75) is 38.5 Å². The summed E-state index contributed by atoms with van der Waals surface area (Å²) in [4.78, 5) is 22.8. The van der Waals surface area contributed by atoms with Gasteiger partial charge in [-0.15, -0.1) is 13.2 Å². The van der Waals surface area contributed by atoms with Gasteiger partial charge in [-0.3, -0.25) is 9.59 Å². The summed E-state index contributed by atoms with van der Waals surface area (Å²) in [5.74, 6) is -1.69. The van der Waals surface area contributed by atoms with Crippen LogP contribution >= 0.6 is 0 Å². The van der Waals surface area contributed by atoms with Crippen molar-refractivity contribution in [3.05, 3.63) is 25.3 Å². The molecule has 0 aromatic carbocycles. The highest BCUT2D eigenvalue weighted by Gasteiger charge is 2.49. The van der Waals surface area contributed by atoms with Gasteiger partial charge in [-0.2, -0.15) is 0 Å². The van der Waals surface area contributed by atoms with E-state index in [1.807, 2.05) is 0 Å². The third-order valence-electron chi connectivity index (χ3n) is 4.14. The molecule has 1 saturated carbocycles. The summed E-state index contributed by atoms with van der Waals surface area (Å²) in [6, 6.07) is 0. The molecular formula is C14H20O4. The number of aliphatic carboxylic acids is 2. The van der Waals surface area contributed by atoms with Crippen molar-refractivity contribution in [3.8, 4) is 0 Å². The fraction of sp³-hybridized carbons (Fsp3) is 0.571. The Morgan fingerprint density at radius 3 is 1.33 bits per heavy atom. The minimum absolute atomic E-state index is 0.383. The summed E-state index contributed by atoms with van der Waals surface area (Å²) < 4.78 is 0. The number of hydrogen-bond acceptors (Lipinski definition) is 2. The van der Waals surface area contributed by atoms with Gasteiger partial charge in [-0.25, -0.2) is 0 Å². The van der Waals surface area contributed by atoms with Gasteiger partial charge < -0.3 is 10.2 Å². The zero-order valence-corrected chi connectivity index (χ0v) is 10.5. The zero-order chi connectivity index (χ0) is 13.8. The van der Waals surface area contributed by atoms with Crippen LogP contribution in [0, 0.1) is 10.8 Å². The summed E-state index contributed by atoms with van der Waals surface area (Å²) in [7, 11) is 0. The van der Waals surface area contributed by atoms with Crippen molar-refractivity contribution in [1.29, 1.82) is 0 Å². The maximum Gasteiger partial charge on any atom is 0.309 e. The third kappa shape index (κ3) is 2.47. The third-order valence-corrected chi connectivity index (χ3v) is 4.14. The number of hydrogen-bond donors (Lipinski definition) is 2. The van der Waals surface area contributed by atoms with E-state index in [4.69, 9.17) is 0 Å². The largest absolute Gasteiger partial charge is 0.481 e. The van der Waals surface area contributed by atoms with Gasteiger partial charge in [0.25, 0.3) is 0 Å². The van der Waals surface area contributed by atoms with E-state index < -0.39 is 22.8 Å². The van der Waals surface area contributed by atoms with E-state index in [9.17, 15) is 19.8 Å². The summed E-state index contributed by atoms with van der Waals surface area (Å²) in [6.07, 6.45) is 5.54. The lowest BCUT2D eigenvalue weighted by Crippen LogP contribution is -2.42. The molecule has 1 fully saturated rings. The van der Waals surface area contributed by atoms with E-state index in [1.54, 1.807) is 12.2 Å². The van der Waals surface area contributed by atoms with Gasteiger partial charge >= 0.3 is 11.9 Å². The maximum atomic E-state index is 11.4. The summed E-state index contributed by atoms with van der Waals surface area (Å²) >= 11 is 0. The molecule has 0 radical (unpaired) electrons. The van der Waals surface area contributed by atoms with E-state index in [-0.39, 0.29) is 0 Å². The minimum atomic E-state index is -0.847. The zero-order valence-electron chi connectivity index (χ0n) is 10.5. The molecule has 4 nitrogen and oxygen atoms in total. The molecule has 4 heteroatoms. The Hall–Kier alpha value is -1.58. The van der Waals surface area contributed by atoms with E-state index in [2.05, 4.69) is 13.2 Å². The van der Waals surface area contributed by atoms with Crippen molar-refractivity contribution < 1.29 is 19.8 Å². The van der Waals surface area contributed by atoms with E-state index in [1.165, 1.54) is 0 Å². The molecule has 1 aliphatic rings. The van der Waals surface area contributed by atoms with E-state index in [0.717, 1.165) is 0 Å². The number of allylic oxidation sites excluding steroid dienone is 2. The van der Waals surface area contributed by atoms with Crippen molar-refractivity contribution in [2.24, 2.45) is 10.8 Å². The Morgan fingerprint density at radius 1 is 0.889 bits per heavy atom. The molecule has 0 amide bonds. The molecule has 0 spiro atoms. The molecule has 100 valence electrons. The predicted octanol–water partition coefficient (Wildman–Crippen LogP) is 2.85. The highest BCUT2D eigenvalue weighted by Crippen LogP contribution is 2.49. The second-order valence-corrected chi connectivity index (χ2v) is 5.16. The average Bonchev–Trinajstić information content (AvgIpc) is 2.32. The van der Waals surface area contributed by atoms with Crippen LogP contribution in [0.1, 0.15) is 38.5 Å². The lowest BCUT2D eigenvalue weighted by molar-refractivity contribution is -0.160. The first-order valence-electron chi connectivity index (χ1n) is 6.11. The monoisotopic (exact) mass is 252 g/mol. The fourth-order valence-corrected chi connectivity index (χ4v) is 2.77. The lowest BCUT2D eigenvalue weighted by Gasteiger charge is -2.41. The smallest absolute Gasteiger partial charge is 0.309 e. The van der Waals surface area contributed by atoms with Crippen LogP contribution in [0.2, 0.25) is 0 Å². The quantitative estimate of drug-likeness (QED) is 0.713. The first kappa shape index (κ1) is 14.5. The SMILES string of the molecule is C=CCC1(C(=O)O)CCC(CC=C)(C(=O)O)CC1. The minimum Gasteiger partial charge on any atom is -0.481 e. The van der Waals surface area contributed by atoms with Crippen LogP contribution in [0.4, 0.5) is 0 Å². The molecule has 0 atom stereocenters. The first-order valence-corrected chi connectivity index (χ1v) is 6.11. The molecule has 0 aliphatic heterocycles. The Morgan fingerprint density at radius 2 is 1.17 bits per heavy atom. The standard InChI is InChI=1S/C14H20O4/c1-3-5-13(11(15)16)7-9-14(6-4-2,10-8-13)12(17)18/h3-4H,1-2,5-10H2,(H,15,16)(H,17,18). The normalized spacial score (nSPS) is 31.6. The van der Waals surface area contributed by atoms with Crippen molar-refractivity contribution in [1.82, 2.24) is 0 Å². The highest BCUT2D eigenvalue weighted by atomic mass is 16.4. The van der Waals surface area contributed by atoms with Crippen LogP contribution in [-0.4, -0.2) is 22.2 Å². The Bertz CT molecular complexity index is 326. The maximum absolute atomic E-state index is 11.4. The van der Waals surface area contributed by atoms with Crippen molar-refractivity contribution in [3.63, 3.8) is 0 Å². The van der Waals surface area contributed by atoms with Crippen molar-refractivity contribution >= 4 is 11.9 Å². The molecular weight excluding hydrogens is 232 g/mol. The van der Waals surface area contributed by atoms with Crippen LogP contribution in [0.5, 0.6) is 0 Å². The molecule has 18 heavy (non-hydrogen) atoms. The fourth-order valence-electron chi connectivity index (χ4n) is 2.77. The number of carbonyl (C=O) groups is 2. The second-order valence-electron chi connectivity index (χ2n) is 5.16. The first-order chi connectivity index (χ1) is 8.42. The van der Waals surface area contributed by atoms with E-state index >= 15 is 0 Å². The molecule has 0 aromatic heterocycles. The summed E-state index contributed by atoms with van der Waals surface area (Å²) in [5, 5.41) is 18.7. The van der Waals surface area contributed by atoms with Gasteiger partial charge in [0, 0.05) is 0 Å². The molecule has 1 aliphatic carbocycles. The summed E-state index contributed by atoms with van der Waals surface area (Å²) in [6.45, 7) is 7.19. The molecule has 0 heterocycles. The van der Waals surface area contributed by atoms with Gasteiger partial charge in [0.2, 0.25) is 0 Å². The Kier molecular flexibility index (Phi) is 4.33. The van der Waals surface area contributed by atoms with Crippen LogP contribution in [0.25, 0.3) is 0 Å². The predicted molar refractivity (Wildman–Crippen MR) is 68.2 cm³/mol. The number of carboxylic acid groups (broad SMARTS) is 2. The van der Waals surface area contributed by atoms with Gasteiger partial charge in [-0.1, -0.05) is 12.2 Å². The van der Waals surface area contributed by atoms with Crippen LogP contribution in [-0.2, 0) is 9.59 Å². The van der Waals surface area contributed by atoms with Gasteiger partial charge in [0.15, 0.2) is 0 Å². The van der Waals surface area contributed by atoms with Crippen LogP contribution in [0.15, 0.2) is 25.3 Å². The Balaban J connectivity index is 2.90. The lowest BCUT2D eigenvalue weighted by atomic mass is 9.61. The topological polar surface area (TPSA) is 74.6 Å². The Labute approximate surface area is 107 Å². The van der Waals surface area contributed by atoms with Crippen LogP contribution in [0.3, 0.4) is 0 Å². The van der Waals surface area contributed by atoms with Crippen LogP contribution < -0.4 is 0 Å². The van der Waals surface area contributed by atoms with Crippen molar-refractivity contribution in [2.75, 3.05) is 0 Å². The van der Waals surface area contributed by atoms with E-state index in [0.29, 0.717) is 38.5 Å².